The molecule has 0 radical (unpaired) electrons. The molecule has 2 unspecified atom stereocenters. The van der Waals surface area contributed by atoms with E-state index in [4.69, 9.17) is 4.42 Å². The van der Waals surface area contributed by atoms with Crippen molar-refractivity contribution in [3.8, 4) is 0 Å². The van der Waals surface area contributed by atoms with Crippen LogP contribution in [0.5, 0.6) is 0 Å². The number of rotatable bonds is 3. The van der Waals surface area contributed by atoms with E-state index >= 15 is 0 Å². The average molecular weight is 246 g/mol. The van der Waals surface area contributed by atoms with Crippen LogP contribution < -0.4 is 11.1 Å². The van der Waals surface area contributed by atoms with Gasteiger partial charge in [-0.05, 0) is 43.4 Å². The molecule has 0 aliphatic heterocycles. The molecule has 2 atom stereocenters. The van der Waals surface area contributed by atoms with Gasteiger partial charge in [0.25, 0.3) is 0 Å². The zero-order valence-electron chi connectivity index (χ0n) is 10.5. The van der Waals surface area contributed by atoms with E-state index in [1.165, 1.54) is 25.7 Å². The van der Waals surface area contributed by atoms with Crippen LogP contribution in [0.4, 0.5) is 5.69 Å². The molecule has 0 saturated heterocycles. The average Bonchev–Trinajstić information content (AvgIpc) is 2.94. The Balaban J connectivity index is 1.76. The molecule has 1 heterocycles. The van der Waals surface area contributed by atoms with Crippen molar-refractivity contribution in [3.63, 3.8) is 0 Å². The fourth-order valence-electron chi connectivity index (χ4n) is 2.85. The van der Waals surface area contributed by atoms with Gasteiger partial charge < -0.3 is 9.73 Å². The Morgan fingerprint density at radius 1 is 1.44 bits per heavy atom. The first-order valence-electron chi connectivity index (χ1n) is 6.64. The first kappa shape index (κ1) is 11.4. The maximum absolute atomic E-state index is 11.1. The van der Waals surface area contributed by atoms with Crippen molar-refractivity contribution in [1.82, 2.24) is 4.98 Å². The summed E-state index contributed by atoms with van der Waals surface area (Å²) in [7, 11) is 0. The fraction of sp³-hybridized carbons (Fsp3) is 0.500. The lowest BCUT2D eigenvalue weighted by atomic mass is 10.1. The number of oxazole rings is 1. The van der Waals surface area contributed by atoms with E-state index in [1.807, 2.05) is 18.2 Å². The minimum absolute atomic E-state index is 0.394. The topological polar surface area (TPSA) is 58.0 Å². The minimum atomic E-state index is -0.394. The lowest BCUT2D eigenvalue weighted by Crippen LogP contribution is -2.15. The van der Waals surface area contributed by atoms with Crippen molar-refractivity contribution in [2.24, 2.45) is 5.92 Å². The highest BCUT2D eigenvalue weighted by Crippen LogP contribution is 2.30. The van der Waals surface area contributed by atoms with Gasteiger partial charge in [0.1, 0.15) is 0 Å². The summed E-state index contributed by atoms with van der Waals surface area (Å²) in [5.41, 5.74) is 2.43. The van der Waals surface area contributed by atoms with E-state index in [2.05, 4.69) is 17.2 Å². The molecule has 1 aliphatic rings. The maximum atomic E-state index is 11.1. The van der Waals surface area contributed by atoms with Crippen LogP contribution in [-0.4, -0.2) is 11.0 Å². The van der Waals surface area contributed by atoms with E-state index in [1.54, 1.807) is 0 Å². The summed E-state index contributed by atoms with van der Waals surface area (Å²) in [5.74, 6) is 0.467. The number of nitrogens with one attached hydrogen (secondary N) is 2. The molecule has 2 N–H and O–H groups in total. The number of aromatic amines is 1. The number of hydrogen-bond acceptors (Lipinski definition) is 3. The number of H-pyrrole nitrogens is 1. The largest absolute Gasteiger partial charge is 0.417 e. The van der Waals surface area contributed by atoms with Gasteiger partial charge in [-0.15, -0.1) is 0 Å². The lowest BCUT2D eigenvalue weighted by molar-refractivity contribution is 0.525. The second-order valence-electron chi connectivity index (χ2n) is 5.15. The zero-order valence-corrected chi connectivity index (χ0v) is 10.5. The fourth-order valence-corrected chi connectivity index (χ4v) is 2.85. The summed E-state index contributed by atoms with van der Waals surface area (Å²) in [5, 5.41) is 3.54. The molecule has 4 heteroatoms. The zero-order chi connectivity index (χ0) is 12.5. The molecule has 18 heavy (non-hydrogen) atoms. The Kier molecular flexibility index (Phi) is 2.86. The van der Waals surface area contributed by atoms with Crippen LogP contribution in [0, 0.1) is 5.92 Å². The quantitative estimate of drug-likeness (QED) is 0.874. The summed E-state index contributed by atoms with van der Waals surface area (Å²) >= 11 is 0. The van der Waals surface area contributed by atoms with Crippen LogP contribution in [0.25, 0.3) is 11.1 Å². The molecule has 2 aromatic rings. The first-order chi connectivity index (χ1) is 8.74. The van der Waals surface area contributed by atoms with Crippen LogP contribution in [0.1, 0.15) is 32.6 Å². The van der Waals surface area contributed by atoms with E-state index in [-0.39, 0.29) is 0 Å². The maximum Gasteiger partial charge on any atom is 0.417 e. The van der Waals surface area contributed by atoms with Crippen molar-refractivity contribution in [1.29, 1.82) is 0 Å². The van der Waals surface area contributed by atoms with Crippen LogP contribution in [0.2, 0.25) is 0 Å². The third-order valence-electron chi connectivity index (χ3n) is 3.91. The van der Waals surface area contributed by atoms with E-state index < -0.39 is 5.76 Å². The van der Waals surface area contributed by atoms with Gasteiger partial charge in [0.15, 0.2) is 5.58 Å². The van der Waals surface area contributed by atoms with Crippen LogP contribution in [-0.2, 0) is 0 Å². The van der Waals surface area contributed by atoms with Crippen LogP contribution in [0.15, 0.2) is 27.4 Å². The van der Waals surface area contributed by atoms with Gasteiger partial charge in [-0.3, -0.25) is 4.98 Å². The summed E-state index contributed by atoms with van der Waals surface area (Å²) in [6.45, 7) is 2.26. The minimum Gasteiger partial charge on any atom is -0.408 e. The molecule has 1 saturated carbocycles. The van der Waals surface area contributed by atoms with E-state index in [9.17, 15) is 4.79 Å². The smallest absolute Gasteiger partial charge is 0.408 e. The second-order valence-corrected chi connectivity index (χ2v) is 5.15. The molecule has 1 aromatic carbocycles. The lowest BCUT2D eigenvalue weighted by Gasteiger charge is -2.14. The molecule has 1 aromatic heterocycles. The van der Waals surface area contributed by atoms with Gasteiger partial charge in [-0.1, -0.05) is 13.3 Å². The standard InChI is InChI=1S/C14H18N2O2/c1-2-9-3-4-10(7-9)15-11-5-6-13-12(8-11)16-14(17)18-13/h5-6,8-10,15H,2-4,7H2,1H3,(H,16,17). The molecule has 0 amide bonds. The molecular weight excluding hydrogens is 228 g/mol. The number of hydrogen-bond donors (Lipinski definition) is 2. The molecule has 1 aliphatic carbocycles. The molecule has 0 spiro atoms. The molecule has 3 rings (SSSR count). The third kappa shape index (κ3) is 2.15. The SMILES string of the molecule is CCC1CCC(Nc2ccc3oc(=O)[nH]c3c2)C1. The number of fused-ring (bicyclic) bond motifs is 1. The van der Waals surface area contributed by atoms with Crippen molar-refractivity contribution in [2.45, 2.75) is 38.6 Å². The summed E-state index contributed by atoms with van der Waals surface area (Å²) in [4.78, 5) is 13.8. The van der Waals surface area contributed by atoms with Crippen LogP contribution in [0.3, 0.4) is 0 Å². The van der Waals surface area contributed by atoms with E-state index in [0.717, 1.165) is 17.1 Å². The van der Waals surface area contributed by atoms with Gasteiger partial charge in [-0.25, -0.2) is 4.79 Å². The number of anilines is 1. The summed E-state index contributed by atoms with van der Waals surface area (Å²) in [6.07, 6.45) is 5.07. The van der Waals surface area contributed by atoms with Crippen molar-refractivity contribution >= 4 is 16.8 Å². The Hall–Kier alpha value is -1.71. The van der Waals surface area contributed by atoms with Gasteiger partial charge in [0.2, 0.25) is 0 Å². The second kappa shape index (κ2) is 4.52. The summed E-state index contributed by atoms with van der Waals surface area (Å²) in [6, 6.07) is 6.31. The molecule has 4 nitrogen and oxygen atoms in total. The third-order valence-corrected chi connectivity index (χ3v) is 3.91. The van der Waals surface area contributed by atoms with Crippen molar-refractivity contribution < 1.29 is 4.42 Å². The number of aromatic nitrogens is 1. The van der Waals surface area contributed by atoms with Crippen LogP contribution >= 0.6 is 0 Å². The van der Waals surface area contributed by atoms with Crippen molar-refractivity contribution in [3.05, 3.63) is 28.7 Å². The monoisotopic (exact) mass is 246 g/mol. The van der Waals surface area contributed by atoms with Gasteiger partial charge >= 0.3 is 5.76 Å². The van der Waals surface area contributed by atoms with Crippen molar-refractivity contribution in [2.75, 3.05) is 5.32 Å². The Morgan fingerprint density at radius 2 is 2.33 bits per heavy atom. The molecule has 0 bridgehead atoms. The highest BCUT2D eigenvalue weighted by atomic mass is 16.4. The predicted octanol–water partition coefficient (Wildman–Crippen LogP) is 3.11. The highest BCUT2D eigenvalue weighted by molar-refractivity contribution is 5.76. The Bertz CT molecular complexity index is 599. The highest BCUT2D eigenvalue weighted by Gasteiger charge is 2.23. The normalized spacial score (nSPS) is 23.6. The molecule has 96 valence electrons. The number of benzene rings is 1. The van der Waals surface area contributed by atoms with Gasteiger partial charge in [-0.2, -0.15) is 0 Å². The van der Waals surface area contributed by atoms with E-state index in [0.29, 0.717) is 11.6 Å². The molecular formula is C14H18N2O2. The molecule has 1 fully saturated rings. The summed E-state index contributed by atoms with van der Waals surface area (Å²) < 4.78 is 4.99. The Morgan fingerprint density at radius 3 is 3.11 bits per heavy atom. The Labute approximate surface area is 105 Å². The first-order valence-corrected chi connectivity index (χ1v) is 6.64. The predicted molar refractivity (Wildman–Crippen MR) is 71.9 cm³/mol. The van der Waals surface area contributed by atoms with Gasteiger partial charge in [0.05, 0.1) is 5.52 Å². The van der Waals surface area contributed by atoms with Gasteiger partial charge in [0, 0.05) is 11.7 Å².